The van der Waals surface area contributed by atoms with Gasteiger partial charge in [0.25, 0.3) is 47.3 Å². The molecular formula is C85H59F12N4O14PS2. The lowest BCUT2D eigenvalue weighted by Gasteiger charge is -2.39. The molecule has 8 amide bonds. The number of alkyl halides is 12. The molecule has 0 saturated carbocycles. The van der Waals surface area contributed by atoms with Crippen molar-refractivity contribution in [2.24, 2.45) is 0 Å². The summed E-state index contributed by atoms with van der Waals surface area (Å²) in [7, 11) is 2.16. The molecular weight excluding hydrogens is 1620 g/mol. The SMILES string of the molecule is C.Cc1cc(C(c2ccc(O)c(N3C(=O)c4ccc(Oc5ccc6c(c5)C(=O)N(C)C6=O)cc4C3=O)c2)(C(F)(F)F)C(F)(F)F)ccc1O.Cc1cc(C(c2ccc(OS)c(N3C(=O)c4ccc(Oc5ccc6c(c5)C(=O)N(C)C6=O)cc4C3=O)c2)(C(F)(F)F)C(F)(F)F)ccc1OS.c1ccc(P(c2ccccc2)c2ccccc2)cc1. The van der Waals surface area contributed by atoms with Gasteiger partial charge in [-0.3, -0.25) is 48.2 Å². The number of phenols is 2. The monoisotopic (exact) mass is 1680 g/mol. The van der Waals surface area contributed by atoms with Crippen LogP contribution in [0.5, 0.6) is 46.0 Å². The summed E-state index contributed by atoms with van der Waals surface area (Å²) < 4.78 is 199. The van der Waals surface area contributed by atoms with Crippen LogP contribution in [0.3, 0.4) is 0 Å². The number of rotatable bonds is 15. The third kappa shape index (κ3) is 14.6. The van der Waals surface area contributed by atoms with Gasteiger partial charge in [0.15, 0.2) is 5.75 Å². The topological polar surface area (TPSA) is 227 Å². The fraction of sp³-hybridized carbons (Fsp3) is 0.129. The Morgan fingerprint density at radius 2 is 0.593 bits per heavy atom. The molecule has 11 aromatic carbocycles. The second-order valence-electron chi connectivity index (χ2n) is 26.6. The lowest BCUT2D eigenvalue weighted by Crippen LogP contribution is -2.54. The van der Waals surface area contributed by atoms with E-state index in [0.29, 0.717) is 59.5 Å². The Kier molecular flexibility index (Phi) is 22.9. The molecule has 118 heavy (non-hydrogen) atoms. The molecule has 0 atom stereocenters. The number of aromatic hydroxyl groups is 2. The van der Waals surface area contributed by atoms with E-state index in [1.807, 2.05) is 0 Å². The largest absolute Gasteiger partial charge is 0.508 e. The molecule has 4 heterocycles. The van der Waals surface area contributed by atoms with Crippen LogP contribution < -0.4 is 43.6 Å². The standard InChI is InChI=1S/C33H20F6N2O7S2.C33H20F6N2O7.C18H15P.CH4/c1-15-11-16(3-9-25(15)47-49)31(32(34,35)36,33(37,38)39)17-4-10-26(48-50)24(12-17)41-29(44)21-8-6-19(14-23(21)30(41)45)46-18-5-7-20-22(13-18)28(43)40(2)27(20)42;1-15-11-16(3-9-25(15)42)31(32(34,35)36,33(37,38)39)17-4-10-26(43)24(12-17)41-29(46)21-8-6-19(14-23(21)30(41)47)48-18-5-7-20-22(13-18)28(45)40(2)27(20)44;1-4-10-16(11-5-1)19(17-12-6-2-7-13-17)18-14-8-3-9-15-18;/h3-14,49-50H,1-2H3;3-14,42-43H,1-2H3;1-15H;1H4. The Morgan fingerprint density at radius 3 is 0.932 bits per heavy atom. The van der Waals surface area contributed by atoms with Crippen molar-refractivity contribution in [2.45, 2.75) is 56.8 Å². The van der Waals surface area contributed by atoms with Gasteiger partial charge in [-0.2, -0.15) is 52.7 Å². The average molecular weight is 1680 g/mol. The van der Waals surface area contributed by atoms with Crippen molar-refractivity contribution < 1.29 is 119 Å². The molecule has 11 aromatic rings. The molecule has 0 bridgehead atoms. The third-order valence-corrected chi connectivity index (χ3v) is 22.6. The van der Waals surface area contributed by atoms with E-state index in [1.165, 1.54) is 91.5 Å². The second kappa shape index (κ2) is 31.9. The smallest absolute Gasteiger partial charge is 0.411 e. The van der Waals surface area contributed by atoms with Crippen LogP contribution in [0.25, 0.3) is 0 Å². The van der Waals surface area contributed by atoms with Crippen molar-refractivity contribution in [2.75, 3.05) is 23.9 Å². The van der Waals surface area contributed by atoms with Gasteiger partial charge in [-0.05, 0) is 180 Å². The predicted molar refractivity (Wildman–Crippen MR) is 417 cm³/mol. The number of amides is 8. The zero-order chi connectivity index (χ0) is 84.5. The van der Waals surface area contributed by atoms with E-state index in [1.54, 1.807) is 0 Å². The molecule has 604 valence electrons. The molecule has 0 saturated heterocycles. The molecule has 15 rings (SSSR count). The minimum atomic E-state index is -6.04. The number of thiol groups is 2. The predicted octanol–water partition coefficient (Wildman–Crippen LogP) is 18.4. The van der Waals surface area contributed by atoms with Gasteiger partial charge in [0, 0.05) is 39.9 Å². The Hall–Kier alpha value is -12.9. The van der Waals surface area contributed by atoms with Crippen molar-refractivity contribution >= 4 is 108 Å². The highest BCUT2D eigenvalue weighted by Gasteiger charge is 2.74. The number of carbonyl (C=O) groups is 8. The number of fused-ring (bicyclic) bond motifs is 4. The van der Waals surface area contributed by atoms with E-state index in [4.69, 9.17) is 17.8 Å². The Bertz CT molecular complexity index is 5800. The quantitative estimate of drug-likeness (QED) is 0.0246. The lowest BCUT2D eigenvalue weighted by atomic mass is 9.72. The Labute approximate surface area is 675 Å². The fourth-order valence-electron chi connectivity index (χ4n) is 14.0. The number of halogens is 12. The molecule has 0 radical (unpaired) electrons. The van der Waals surface area contributed by atoms with Crippen molar-refractivity contribution in [3.63, 3.8) is 0 Å². The van der Waals surface area contributed by atoms with Crippen LogP contribution in [0.1, 0.15) is 124 Å². The number of nitrogens with zero attached hydrogens (tertiary/aromatic N) is 4. The van der Waals surface area contributed by atoms with Gasteiger partial charge in [0.1, 0.15) is 40.2 Å². The summed E-state index contributed by atoms with van der Waals surface area (Å²) in [6.45, 7) is 2.34. The number of benzene rings is 11. The number of anilines is 2. The van der Waals surface area contributed by atoms with Crippen LogP contribution in [0.15, 0.2) is 237 Å². The summed E-state index contributed by atoms with van der Waals surface area (Å²) in [6.07, 6.45) is -24.1. The van der Waals surface area contributed by atoms with E-state index in [2.05, 4.69) is 117 Å². The molecule has 0 fully saturated rings. The maximum Gasteiger partial charge on any atom is 0.411 e. The van der Waals surface area contributed by atoms with E-state index in [9.17, 15) is 101 Å². The molecule has 0 unspecified atom stereocenters. The van der Waals surface area contributed by atoms with Gasteiger partial charge in [-0.25, -0.2) is 9.80 Å². The molecule has 18 nitrogen and oxygen atoms in total. The minimum Gasteiger partial charge on any atom is -0.508 e. The maximum atomic E-state index is 15.0. The Balaban J connectivity index is 0.000000176. The Morgan fingerprint density at radius 1 is 0.314 bits per heavy atom. The second-order valence-corrected chi connectivity index (χ2v) is 29.2. The van der Waals surface area contributed by atoms with E-state index >= 15 is 0 Å². The zero-order valence-corrected chi connectivity index (χ0v) is 63.2. The summed E-state index contributed by atoms with van der Waals surface area (Å²) in [6, 6.07) is 54.2. The molecule has 33 heteroatoms. The third-order valence-electron chi connectivity index (χ3n) is 19.8. The normalized spacial score (nSPS) is 14.0. The van der Waals surface area contributed by atoms with Gasteiger partial charge in [-0.1, -0.05) is 135 Å². The van der Waals surface area contributed by atoms with Crippen LogP contribution in [-0.4, -0.2) is 106 Å². The highest BCUT2D eigenvalue weighted by molar-refractivity contribution is 7.79. The van der Waals surface area contributed by atoms with Gasteiger partial charge >= 0.3 is 24.7 Å². The number of carbonyl (C=O) groups excluding carboxylic acids is 8. The molecule has 0 aromatic heterocycles. The fourth-order valence-corrected chi connectivity index (χ4v) is 16.7. The van der Waals surface area contributed by atoms with Crippen molar-refractivity contribution in [1.82, 2.24) is 9.80 Å². The summed E-state index contributed by atoms with van der Waals surface area (Å²) in [5, 5.41) is 24.6. The van der Waals surface area contributed by atoms with Crippen LogP contribution in [0.2, 0.25) is 0 Å². The molecule has 0 spiro atoms. The summed E-state index contributed by atoms with van der Waals surface area (Å²) in [5.41, 5.74) is -17.5. The number of ether oxygens (including phenoxy) is 2. The molecule has 2 N–H and O–H groups in total. The summed E-state index contributed by atoms with van der Waals surface area (Å²) in [4.78, 5) is 106. The molecule has 4 aliphatic heterocycles. The number of hydrogen-bond acceptors (Lipinski definition) is 16. The van der Waals surface area contributed by atoms with Crippen LogP contribution in [0, 0.1) is 13.8 Å². The van der Waals surface area contributed by atoms with Crippen molar-refractivity contribution in [3.05, 3.63) is 314 Å². The first-order valence-electron chi connectivity index (χ1n) is 34.4. The first-order chi connectivity index (χ1) is 55.3. The van der Waals surface area contributed by atoms with Crippen LogP contribution in [0.4, 0.5) is 64.1 Å². The molecule has 0 aliphatic carbocycles. The van der Waals surface area contributed by atoms with E-state index in [-0.39, 0.29) is 103 Å². The highest BCUT2D eigenvalue weighted by atomic mass is 32.1. The lowest BCUT2D eigenvalue weighted by molar-refractivity contribution is -0.290. The molecule has 4 aliphatic rings. The van der Waals surface area contributed by atoms with Gasteiger partial charge in [0.05, 0.1) is 55.9 Å². The van der Waals surface area contributed by atoms with E-state index < -0.39 is 142 Å². The minimum absolute atomic E-state index is 0. The van der Waals surface area contributed by atoms with Gasteiger partial charge < -0.3 is 28.1 Å². The zero-order valence-electron chi connectivity index (χ0n) is 60.5. The van der Waals surface area contributed by atoms with Crippen LogP contribution in [-0.2, 0) is 10.8 Å². The maximum absolute atomic E-state index is 15.0. The van der Waals surface area contributed by atoms with Crippen LogP contribution >= 0.6 is 33.7 Å². The highest BCUT2D eigenvalue weighted by Crippen LogP contribution is 2.60. The first kappa shape index (κ1) is 84.5. The number of aryl methyl sites for hydroxylation is 2. The number of imide groups is 4. The van der Waals surface area contributed by atoms with Gasteiger partial charge in [0.2, 0.25) is 10.8 Å². The van der Waals surface area contributed by atoms with Gasteiger partial charge in [-0.15, -0.1) is 0 Å². The number of hydrogen-bond donors (Lipinski definition) is 4. The van der Waals surface area contributed by atoms with Crippen molar-refractivity contribution in [3.8, 4) is 46.0 Å². The average Bonchev–Trinajstić information content (AvgIpc) is 1.58. The number of phenolic OH excluding ortho intramolecular Hbond substituents is 2. The van der Waals surface area contributed by atoms with Crippen molar-refractivity contribution in [1.29, 1.82) is 0 Å². The van der Waals surface area contributed by atoms with E-state index in [0.717, 1.165) is 47.1 Å². The summed E-state index contributed by atoms with van der Waals surface area (Å²) in [5.74, 6) is -8.71. The summed E-state index contributed by atoms with van der Waals surface area (Å²) >= 11 is 7.23. The first-order valence-corrected chi connectivity index (χ1v) is 36.4.